The van der Waals surface area contributed by atoms with Crippen molar-refractivity contribution in [1.82, 2.24) is 61.7 Å². The largest absolute Gasteiger partial charge is 0.479 e. The molecule has 46 heteroatoms. The molecule has 1 unspecified atom stereocenters. The third-order valence-electron chi connectivity index (χ3n) is 23.6. The van der Waals surface area contributed by atoms with Crippen molar-refractivity contribution in [3.8, 4) is 5.75 Å². The van der Waals surface area contributed by atoms with Crippen LogP contribution >= 0.6 is 0 Å². The first-order valence-electron chi connectivity index (χ1n) is 47.6. The number of aliphatic carboxylic acids is 1. The number of aryl methyl sites for hydroxylation is 1. The van der Waals surface area contributed by atoms with Crippen LogP contribution in [0.4, 0.5) is 5.69 Å². The fourth-order valence-electron chi connectivity index (χ4n) is 15.9. The van der Waals surface area contributed by atoms with Gasteiger partial charge in [0.05, 0.1) is 194 Å². The molecule has 0 saturated carbocycles. The number of aromatic nitrogens is 2. The molecule has 16 atom stereocenters. The molecule has 45 nitrogen and oxygen atoms in total. The van der Waals surface area contributed by atoms with Gasteiger partial charge in [0.15, 0.2) is 6.10 Å². The first kappa shape index (κ1) is 119. The summed E-state index contributed by atoms with van der Waals surface area (Å²) in [5.41, 5.74) is 4.70. The number of hydrazine groups is 1. The van der Waals surface area contributed by atoms with Gasteiger partial charge in [-0.05, 0) is 87.5 Å². The van der Waals surface area contributed by atoms with Crippen molar-refractivity contribution in [3.63, 3.8) is 0 Å². The Morgan fingerprint density at radius 1 is 0.607 bits per heavy atom. The number of benzene rings is 2. The summed E-state index contributed by atoms with van der Waals surface area (Å²) >= 11 is 0. The van der Waals surface area contributed by atoms with E-state index in [0.717, 1.165) is 11.1 Å². The zero-order chi connectivity index (χ0) is 103. The number of carboxylic acid groups (broad SMARTS) is 1. The highest BCUT2D eigenvalue weighted by Gasteiger charge is 2.49. The highest BCUT2D eigenvalue weighted by molar-refractivity contribution is 7.85. The molecule has 13 N–H and O–H groups in total. The fraction of sp³-hybridized carbons (Fsp3) is 0.691. The minimum Gasteiger partial charge on any atom is -0.479 e. The lowest BCUT2D eigenvalue weighted by atomic mass is 9.89. The molecule has 6 rings (SSSR count). The second-order valence-corrected chi connectivity index (χ2v) is 36.1. The minimum absolute atomic E-state index is 0.0298. The van der Waals surface area contributed by atoms with Crippen LogP contribution in [0.2, 0.25) is 0 Å². The molecule has 790 valence electrons. The van der Waals surface area contributed by atoms with Crippen LogP contribution in [0.5, 0.6) is 5.75 Å². The van der Waals surface area contributed by atoms with Crippen molar-refractivity contribution < 1.29 is 152 Å². The standard InChI is InChI=1S/C94H151N13O32S/c1-15-62(6)80(105(12)91(118)79(61(4)5)103-90(117)78(95-9)60(2)3)73(125-13)57-77(111)107-33-20-24-71(107)84(126-14)63(7)88(115)100-64(8)85(65-21-17-16-18-22-65)138-93(121)69-26-25-67(56-72(69)137-94-83(114)81(112)82(113)86(139-94)92(119)120)101-76(110)29-36-128-40-43-131-45-47-133-49-51-135-53-54-136-52-50-134-48-46-132-44-42-129-37-31-97-74(108)28-35-127-39-41-130-38-32-99-89(116)70(59-140(122,123)124)102-75(109)27-34-106-68(58-104(11)96-10)55-66-23-19-30-98-87(66)106/h16-19,21-23,25-26,30,55-56,60-64,70-71,73,78-86,94-96,112-114H,15,20,24,27-29,31-54,57-59H2,1-14H3,(H,97,108)(H,99,116)(H,100,115)(H,101,110)(H,102,109)(H,103,117)(H,119,120)(H,122,123,124)/t62-,63+,64+,70-,71-,73+,78-,79-,80-,81-,82-,83+,84+,85?,86-,94-/m0/s1. The zero-order valence-electron chi connectivity index (χ0n) is 83.1. The molecule has 2 aromatic carbocycles. The smallest absolute Gasteiger partial charge is 0.342 e. The van der Waals surface area contributed by atoms with Crippen molar-refractivity contribution in [1.29, 1.82) is 0 Å². The number of carboxylic acids is 1. The fourth-order valence-corrected chi connectivity index (χ4v) is 16.5. The highest BCUT2D eigenvalue weighted by atomic mass is 32.2. The summed E-state index contributed by atoms with van der Waals surface area (Å²) in [7, 11) is 5.29. The van der Waals surface area contributed by atoms with Crippen molar-refractivity contribution >= 4 is 86.0 Å². The number of carbonyl (C=O) groups is 10. The number of esters is 1. The van der Waals surface area contributed by atoms with E-state index in [-0.39, 0.29) is 164 Å². The number of nitrogens with zero attached hydrogens (tertiary/aromatic N) is 5. The Hall–Kier alpha value is -9.22. The second kappa shape index (κ2) is 64.4. The van der Waals surface area contributed by atoms with Gasteiger partial charge < -0.3 is 143 Å². The lowest BCUT2D eigenvalue weighted by molar-refractivity contribution is -0.271. The summed E-state index contributed by atoms with van der Waals surface area (Å²) in [5.74, 6) is -9.25. The third kappa shape index (κ3) is 40.9. The maximum absolute atomic E-state index is 14.7. The number of aliphatic hydroxyl groups is 3. The summed E-state index contributed by atoms with van der Waals surface area (Å²) < 4.78 is 120. The number of likely N-dealkylation sites (N-methyl/N-ethyl adjacent to an activating group) is 2. The third-order valence-corrected chi connectivity index (χ3v) is 24.4. The normalized spacial score (nSPS) is 18.3. The van der Waals surface area contributed by atoms with Gasteiger partial charge >= 0.3 is 11.9 Å². The van der Waals surface area contributed by atoms with E-state index >= 15 is 0 Å². The molecular formula is C94H151N13O32S. The lowest BCUT2D eigenvalue weighted by Crippen LogP contribution is -2.61. The van der Waals surface area contributed by atoms with E-state index in [4.69, 9.17) is 71.1 Å². The van der Waals surface area contributed by atoms with Crippen molar-refractivity contribution in [3.05, 3.63) is 89.7 Å². The summed E-state index contributed by atoms with van der Waals surface area (Å²) in [5, 5.41) is 64.3. The van der Waals surface area contributed by atoms with Gasteiger partial charge in [0.1, 0.15) is 59.2 Å². The van der Waals surface area contributed by atoms with E-state index in [1.165, 1.54) is 32.4 Å². The number of ether oxygens (including phenoxy) is 15. The highest BCUT2D eigenvalue weighted by Crippen LogP contribution is 2.35. The van der Waals surface area contributed by atoms with Gasteiger partial charge in [0, 0.05) is 96.4 Å². The van der Waals surface area contributed by atoms with Crippen LogP contribution in [-0.4, -0.2) is 396 Å². The average molecular weight is 2010 g/mol. The van der Waals surface area contributed by atoms with Crippen LogP contribution in [-0.2, 0) is 133 Å². The second-order valence-electron chi connectivity index (χ2n) is 34.6. The van der Waals surface area contributed by atoms with E-state index in [0.29, 0.717) is 110 Å². The van der Waals surface area contributed by atoms with Crippen molar-refractivity contribution in [2.45, 2.75) is 199 Å². The van der Waals surface area contributed by atoms with Gasteiger partial charge in [0.2, 0.25) is 53.5 Å². The van der Waals surface area contributed by atoms with Crippen molar-refractivity contribution in [2.75, 3.05) is 205 Å². The van der Waals surface area contributed by atoms with Gasteiger partial charge in [-0.25, -0.2) is 19.6 Å². The number of methoxy groups -OCH3 is 2. The molecule has 0 radical (unpaired) electrons. The number of anilines is 1. The number of fused-ring (bicyclic) bond motifs is 1. The number of hydrogen-bond acceptors (Lipinski definition) is 34. The Bertz CT molecular complexity index is 4510. The maximum atomic E-state index is 14.7. The van der Waals surface area contributed by atoms with Gasteiger partial charge in [-0.1, -0.05) is 85.2 Å². The molecule has 4 heterocycles. The number of amides is 8. The van der Waals surface area contributed by atoms with Gasteiger partial charge in [-0.15, -0.1) is 0 Å². The number of rotatable bonds is 72. The summed E-state index contributed by atoms with van der Waals surface area (Å²) in [6, 6.07) is 12.8. The van der Waals surface area contributed by atoms with E-state index in [9.17, 15) is 81.3 Å². The molecule has 2 aliphatic rings. The molecule has 2 saturated heterocycles. The molecule has 0 bridgehead atoms. The molecule has 0 spiro atoms. The Morgan fingerprint density at radius 2 is 1.16 bits per heavy atom. The minimum atomic E-state index is -4.65. The maximum Gasteiger partial charge on any atom is 0.342 e. The van der Waals surface area contributed by atoms with E-state index in [1.54, 1.807) is 87.4 Å². The van der Waals surface area contributed by atoms with Crippen LogP contribution in [0.15, 0.2) is 72.9 Å². The lowest BCUT2D eigenvalue weighted by Gasteiger charge is -2.41. The predicted molar refractivity (Wildman–Crippen MR) is 509 cm³/mol. The molecule has 2 aliphatic heterocycles. The van der Waals surface area contributed by atoms with E-state index < -0.39 is 148 Å². The molecule has 2 fully saturated rings. The average Bonchev–Trinajstić information content (AvgIpc) is 1.62. The Kier molecular flexibility index (Phi) is 55.0. The van der Waals surface area contributed by atoms with E-state index in [1.807, 2.05) is 70.3 Å². The molecule has 0 aliphatic carbocycles. The number of pyridine rings is 1. The van der Waals surface area contributed by atoms with Gasteiger partial charge in [-0.2, -0.15) is 8.42 Å². The summed E-state index contributed by atoms with van der Waals surface area (Å²) in [6.07, 6.45) is -10.1. The van der Waals surface area contributed by atoms with Crippen molar-refractivity contribution in [2.24, 2.45) is 23.7 Å². The molecule has 4 aromatic rings. The predicted octanol–water partition coefficient (Wildman–Crippen LogP) is 1.16. The first-order chi connectivity index (χ1) is 67.0. The molecule has 2 aromatic heterocycles. The summed E-state index contributed by atoms with van der Waals surface area (Å²) in [6.45, 7) is 21.0. The summed E-state index contributed by atoms with van der Waals surface area (Å²) in [4.78, 5) is 143. The number of likely N-dealkylation sites (tertiary alicyclic amines) is 1. The Labute approximate surface area is 819 Å². The number of aliphatic hydroxyl groups excluding tert-OH is 3. The van der Waals surface area contributed by atoms with Gasteiger partial charge in [-0.3, -0.25) is 48.3 Å². The Balaban J connectivity index is 0.813. The number of carbonyl (C=O) groups excluding carboxylic acids is 9. The number of hydrogen-bond donors (Lipinski definition) is 13. The molecule has 140 heavy (non-hydrogen) atoms. The monoisotopic (exact) mass is 2010 g/mol. The molecule has 8 amide bonds. The molecular weight excluding hydrogens is 1860 g/mol. The van der Waals surface area contributed by atoms with Crippen LogP contribution in [0.1, 0.15) is 128 Å². The number of nitrogens with one attached hydrogen (secondary N) is 8. The van der Waals surface area contributed by atoms with Crippen LogP contribution < -0.4 is 47.4 Å². The Morgan fingerprint density at radius 3 is 1.69 bits per heavy atom. The van der Waals surface area contributed by atoms with Gasteiger partial charge in [0.25, 0.3) is 10.1 Å². The van der Waals surface area contributed by atoms with Crippen LogP contribution in [0, 0.1) is 23.7 Å². The first-order valence-corrected chi connectivity index (χ1v) is 49.2. The zero-order valence-corrected chi connectivity index (χ0v) is 83.9. The topological polar surface area (TPSA) is 568 Å². The van der Waals surface area contributed by atoms with E-state index in [2.05, 4.69) is 47.6 Å². The quantitative estimate of drug-likeness (QED) is 0.0128. The van der Waals surface area contributed by atoms with Crippen LogP contribution in [0.25, 0.3) is 11.0 Å². The SMILES string of the molecule is CC[C@H](C)[C@@H]([C@@H](CC(=O)N1CCC[C@H]1[C@H](OC)[C@@H](C)C(=O)N[C@H](C)C(OC(=O)c1ccc(NC(=O)CCOCCOCCOCCOCCOCCOCCOCCOCCNC(=O)CCOCCOCCNC(=O)[C@H](CS(=O)(=O)O)NC(=O)CCn2c(CN(C)NC)cc3cccnc32)cc1O[C@H]1O[C@H](C(=O)O)[C@@H](O)[C@H](O)[C@H]1O)c1ccccc1)OC)N(C)C(=O)[C@@H](NC(=O)[C@@H](NC)C(C)C)C(C)C. The van der Waals surface area contributed by atoms with Crippen LogP contribution in [0.3, 0.4) is 0 Å².